The number of amides is 2. The highest BCUT2D eigenvalue weighted by molar-refractivity contribution is 5.85. The van der Waals surface area contributed by atoms with Gasteiger partial charge in [0, 0.05) is 39.0 Å². The molecule has 5 heteroatoms. The van der Waals surface area contributed by atoms with Crippen LogP contribution in [0.2, 0.25) is 0 Å². The summed E-state index contributed by atoms with van der Waals surface area (Å²) < 4.78 is 0. The number of hydrogen-bond acceptors (Lipinski definition) is 3. The quantitative estimate of drug-likeness (QED) is 0.769. The van der Waals surface area contributed by atoms with Crippen molar-refractivity contribution in [2.45, 2.75) is 39.3 Å². The van der Waals surface area contributed by atoms with E-state index in [2.05, 4.69) is 18.8 Å². The van der Waals surface area contributed by atoms with E-state index in [1.165, 1.54) is 0 Å². The van der Waals surface area contributed by atoms with Gasteiger partial charge >= 0.3 is 0 Å². The molecule has 148 valence electrons. The Hall–Kier alpha value is -2.69. The highest BCUT2D eigenvalue weighted by Crippen LogP contribution is 2.38. The molecule has 2 amide bonds. The molecular weight excluding hydrogens is 350 g/mol. The highest BCUT2D eigenvalue weighted by Gasteiger charge is 2.41. The minimum absolute atomic E-state index is 0.0824. The van der Waals surface area contributed by atoms with Gasteiger partial charge < -0.3 is 9.80 Å². The summed E-state index contributed by atoms with van der Waals surface area (Å²) in [5.41, 5.74) is 2.03. The Bertz CT molecular complexity index is 792. The average molecular weight is 380 g/mol. The van der Waals surface area contributed by atoms with Crippen LogP contribution in [0.4, 0.5) is 0 Å². The first-order valence-electron chi connectivity index (χ1n) is 9.95. The SMILES string of the molecule is CC(C)CN1C(=O)CC[C@@H](C(=O)N(C)Cc2ccccc2)[C@@H]1c1cccnc1. The number of rotatable bonds is 6. The van der Waals surface area contributed by atoms with Crippen LogP contribution < -0.4 is 0 Å². The fourth-order valence-electron chi connectivity index (χ4n) is 4.00. The van der Waals surface area contributed by atoms with Crippen molar-refractivity contribution in [3.8, 4) is 0 Å². The summed E-state index contributed by atoms with van der Waals surface area (Å²) in [7, 11) is 1.85. The molecule has 2 aromatic rings. The lowest BCUT2D eigenvalue weighted by Gasteiger charge is -2.42. The third kappa shape index (κ3) is 4.58. The largest absolute Gasteiger partial charge is 0.341 e. The molecule has 1 aromatic carbocycles. The lowest BCUT2D eigenvalue weighted by molar-refractivity contribution is -0.148. The van der Waals surface area contributed by atoms with Gasteiger partial charge in [0.1, 0.15) is 0 Å². The van der Waals surface area contributed by atoms with Crippen LogP contribution in [0.15, 0.2) is 54.9 Å². The standard InChI is InChI=1S/C23H29N3O2/c1-17(2)15-26-21(27)12-11-20(22(26)19-10-7-13-24-14-19)23(28)25(3)16-18-8-5-4-6-9-18/h4-10,13-14,17,20,22H,11-12,15-16H2,1-3H3/t20-,22+/m1/s1. The summed E-state index contributed by atoms with van der Waals surface area (Å²) in [5.74, 6) is 0.282. The molecule has 5 nitrogen and oxygen atoms in total. The molecule has 1 aliphatic rings. The zero-order chi connectivity index (χ0) is 20.1. The van der Waals surface area contributed by atoms with E-state index in [9.17, 15) is 9.59 Å². The van der Waals surface area contributed by atoms with Gasteiger partial charge in [-0.1, -0.05) is 50.2 Å². The Morgan fingerprint density at radius 1 is 1.21 bits per heavy atom. The number of likely N-dealkylation sites (tertiary alicyclic amines) is 1. The first-order valence-corrected chi connectivity index (χ1v) is 9.95. The van der Waals surface area contributed by atoms with Gasteiger partial charge in [-0.05, 0) is 29.5 Å². The van der Waals surface area contributed by atoms with Gasteiger partial charge in [0.05, 0.1) is 12.0 Å². The number of pyridine rings is 1. The highest BCUT2D eigenvalue weighted by atomic mass is 16.2. The summed E-state index contributed by atoms with van der Waals surface area (Å²) in [6.07, 6.45) is 4.50. The summed E-state index contributed by atoms with van der Waals surface area (Å²) in [6.45, 7) is 5.40. The van der Waals surface area contributed by atoms with Crippen LogP contribution in [0.3, 0.4) is 0 Å². The molecule has 0 bridgehead atoms. The van der Waals surface area contributed by atoms with Gasteiger partial charge in [-0.15, -0.1) is 0 Å². The molecule has 1 saturated heterocycles. The second-order valence-corrected chi connectivity index (χ2v) is 8.00. The molecule has 3 rings (SSSR count). The molecule has 2 atom stereocenters. The van der Waals surface area contributed by atoms with E-state index in [0.717, 1.165) is 11.1 Å². The van der Waals surface area contributed by atoms with Gasteiger partial charge in [0.2, 0.25) is 11.8 Å². The molecular formula is C23H29N3O2. The third-order valence-corrected chi connectivity index (χ3v) is 5.25. The molecule has 0 aliphatic carbocycles. The van der Waals surface area contributed by atoms with Crippen molar-refractivity contribution in [2.24, 2.45) is 11.8 Å². The number of carbonyl (C=O) groups is 2. The fraction of sp³-hybridized carbons (Fsp3) is 0.435. The Morgan fingerprint density at radius 3 is 2.61 bits per heavy atom. The molecule has 2 heterocycles. The van der Waals surface area contributed by atoms with E-state index in [4.69, 9.17) is 0 Å². The third-order valence-electron chi connectivity index (χ3n) is 5.25. The van der Waals surface area contributed by atoms with Crippen molar-refractivity contribution in [2.75, 3.05) is 13.6 Å². The zero-order valence-electron chi connectivity index (χ0n) is 16.9. The molecule has 1 fully saturated rings. The van der Waals surface area contributed by atoms with Gasteiger partial charge in [-0.3, -0.25) is 14.6 Å². The van der Waals surface area contributed by atoms with Crippen molar-refractivity contribution in [3.05, 3.63) is 66.0 Å². The second kappa shape index (κ2) is 9.00. The molecule has 28 heavy (non-hydrogen) atoms. The Kier molecular flexibility index (Phi) is 6.45. The summed E-state index contributed by atoms with van der Waals surface area (Å²) in [4.78, 5) is 34.0. The van der Waals surface area contributed by atoms with Crippen LogP contribution in [0.25, 0.3) is 0 Å². The van der Waals surface area contributed by atoms with Gasteiger partial charge in [-0.25, -0.2) is 0 Å². The van der Waals surface area contributed by atoms with Crippen LogP contribution in [-0.2, 0) is 16.1 Å². The molecule has 0 unspecified atom stereocenters. The normalized spacial score (nSPS) is 19.7. The maximum absolute atomic E-state index is 13.4. The smallest absolute Gasteiger partial charge is 0.228 e. The Morgan fingerprint density at radius 2 is 1.96 bits per heavy atom. The molecule has 0 N–H and O–H groups in total. The van der Waals surface area contributed by atoms with E-state index >= 15 is 0 Å². The van der Waals surface area contributed by atoms with E-state index < -0.39 is 0 Å². The van der Waals surface area contributed by atoms with E-state index in [0.29, 0.717) is 31.8 Å². The number of aromatic nitrogens is 1. The Balaban J connectivity index is 1.88. The average Bonchev–Trinajstić information content (AvgIpc) is 2.70. The van der Waals surface area contributed by atoms with E-state index in [-0.39, 0.29) is 23.8 Å². The number of carbonyl (C=O) groups excluding carboxylic acids is 2. The summed E-state index contributed by atoms with van der Waals surface area (Å²) >= 11 is 0. The van der Waals surface area contributed by atoms with Crippen LogP contribution in [0, 0.1) is 11.8 Å². The number of nitrogens with zero attached hydrogens (tertiary/aromatic N) is 3. The molecule has 1 aromatic heterocycles. The van der Waals surface area contributed by atoms with Crippen LogP contribution in [0.1, 0.15) is 43.9 Å². The lowest BCUT2D eigenvalue weighted by atomic mass is 9.83. The summed E-state index contributed by atoms with van der Waals surface area (Å²) in [5, 5.41) is 0. The van der Waals surface area contributed by atoms with Crippen LogP contribution in [0.5, 0.6) is 0 Å². The van der Waals surface area contributed by atoms with Gasteiger partial charge in [0.25, 0.3) is 0 Å². The lowest BCUT2D eigenvalue weighted by Crippen LogP contribution is -2.49. The molecule has 0 saturated carbocycles. The summed E-state index contributed by atoms with van der Waals surface area (Å²) in [6, 6.07) is 13.6. The Labute approximate surface area is 167 Å². The first kappa shape index (κ1) is 20.1. The van der Waals surface area contributed by atoms with Crippen molar-refractivity contribution >= 4 is 11.8 Å². The number of hydrogen-bond donors (Lipinski definition) is 0. The molecule has 0 spiro atoms. The van der Waals surface area contributed by atoms with Gasteiger partial charge in [-0.2, -0.15) is 0 Å². The van der Waals surface area contributed by atoms with Crippen molar-refractivity contribution in [1.82, 2.24) is 14.8 Å². The minimum Gasteiger partial charge on any atom is -0.341 e. The predicted octanol–water partition coefficient (Wildman–Crippen LogP) is 3.68. The fourth-order valence-corrected chi connectivity index (χ4v) is 4.00. The van der Waals surface area contributed by atoms with Gasteiger partial charge in [0.15, 0.2) is 0 Å². The number of piperidine rings is 1. The number of benzene rings is 1. The monoisotopic (exact) mass is 379 g/mol. The molecule has 0 radical (unpaired) electrons. The van der Waals surface area contributed by atoms with E-state index in [1.54, 1.807) is 17.3 Å². The molecule has 1 aliphatic heterocycles. The van der Waals surface area contributed by atoms with Crippen molar-refractivity contribution in [1.29, 1.82) is 0 Å². The second-order valence-electron chi connectivity index (χ2n) is 8.00. The maximum Gasteiger partial charge on any atom is 0.228 e. The van der Waals surface area contributed by atoms with Crippen LogP contribution in [-0.4, -0.2) is 40.2 Å². The van der Waals surface area contributed by atoms with E-state index in [1.807, 2.05) is 54.4 Å². The topological polar surface area (TPSA) is 53.5 Å². The maximum atomic E-state index is 13.4. The predicted molar refractivity (Wildman–Crippen MR) is 109 cm³/mol. The van der Waals surface area contributed by atoms with Crippen molar-refractivity contribution in [3.63, 3.8) is 0 Å². The zero-order valence-corrected chi connectivity index (χ0v) is 16.9. The van der Waals surface area contributed by atoms with Crippen LogP contribution >= 0.6 is 0 Å². The first-order chi connectivity index (χ1) is 13.5. The minimum atomic E-state index is -0.261. The van der Waals surface area contributed by atoms with Crippen molar-refractivity contribution < 1.29 is 9.59 Å².